The first-order valence-electron chi connectivity index (χ1n) is 11.7. The molecule has 11 heteroatoms. The Balaban J connectivity index is 1.26. The Labute approximate surface area is 231 Å². The van der Waals surface area contributed by atoms with E-state index in [-0.39, 0.29) is 29.2 Å². The van der Waals surface area contributed by atoms with E-state index in [9.17, 15) is 14.4 Å². The molecule has 1 aliphatic rings. The number of halogens is 1. The second-order valence-corrected chi connectivity index (χ2v) is 9.86. The van der Waals surface area contributed by atoms with E-state index in [0.29, 0.717) is 27.5 Å². The minimum absolute atomic E-state index is 0.0886. The number of carbonyl (C=O) groups is 3. The lowest BCUT2D eigenvalue weighted by Gasteiger charge is -2.25. The number of rotatable bonds is 6. The molecule has 0 saturated heterocycles. The lowest BCUT2D eigenvalue weighted by Crippen LogP contribution is -2.53. The fourth-order valence-electron chi connectivity index (χ4n) is 4.22. The van der Waals surface area contributed by atoms with Gasteiger partial charge in [0.05, 0.1) is 27.2 Å². The molecule has 38 heavy (non-hydrogen) atoms. The molecule has 1 atom stereocenters. The predicted molar refractivity (Wildman–Crippen MR) is 149 cm³/mol. The minimum atomic E-state index is -0.486. The van der Waals surface area contributed by atoms with Crippen molar-refractivity contribution < 1.29 is 14.4 Å². The van der Waals surface area contributed by atoms with Crippen molar-refractivity contribution in [3.63, 3.8) is 0 Å². The molecule has 5 rings (SSSR count). The van der Waals surface area contributed by atoms with Crippen LogP contribution in [0.4, 0.5) is 0 Å². The highest BCUT2D eigenvalue weighted by Crippen LogP contribution is 2.23. The zero-order chi connectivity index (χ0) is 26.6. The first-order chi connectivity index (χ1) is 18.4. The molecule has 3 N–H and O–H groups in total. The Bertz CT molecular complexity index is 1530. The quantitative estimate of drug-likeness (QED) is 0.178. The zero-order valence-electron chi connectivity index (χ0n) is 19.8. The highest BCUT2D eigenvalue weighted by atomic mass is 79.9. The monoisotopic (exact) mass is 588 g/mol. The van der Waals surface area contributed by atoms with Crippen molar-refractivity contribution in [3.8, 4) is 0 Å². The van der Waals surface area contributed by atoms with Crippen LogP contribution >= 0.6 is 28.1 Å². The first-order valence-corrected chi connectivity index (χ1v) is 12.9. The van der Waals surface area contributed by atoms with E-state index >= 15 is 0 Å². The van der Waals surface area contributed by atoms with Crippen molar-refractivity contribution in [2.45, 2.75) is 12.5 Å². The van der Waals surface area contributed by atoms with E-state index in [1.165, 1.54) is 4.90 Å². The summed E-state index contributed by atoms with van der Waals surface area (Å²) < 4.78 is 0.673. The van der Waals surface area contributed by atoms with Crippen LogP contribution in [0.25, 0.3) is 10.9 Å². The average molecular weight is 589 g/mol. The normalized spacial score (nSPS) is 13.2. The number of hydrazine groups is 1. The van der Waals surface area contributed by atoms with Gasteiger partial charge in [0.1, 0.15) is 5.69 Å². The third kappa shape index (κ3) is 5.38. The van der Waals surface area contributed by atoms with Crippen molar-refractivity contribution in [2.24, 2.45) is 0 Å². The van der Waals surface area contributed by atoms with Crippen LogP contribution in [0.15, 0.2) is 83.6 Å². The third-order valence-corrected chi connectivity index (χ3v) is 6.82. The molecular formula is C27H21BrN6O3S. The Morgan fingerprint density at radius 3 is 2.32 bits per heavy atom. The van der Waals surface area contributed by atoms with Crippen LogP contribution in [0, 0.1) is 0 Å². The second-order valence-electron chi connectivity index (χ2n) is 8.60. The summed E-state index contributed by atoms with van der Waals surface area (Å²) in [5, 5.41) is 4.05. The zero-order valence-corrected chi connectivity index (χ0v) is 22.3. The number of pyridine rings is 2. The molecule has 0 unspecified atom stereocenters. The molecule has 2 aromatic carbocycles. The number of fused-ring (bicyclic) bond motifs is 2. The highest BCUT2D eigenvalue weighted by Gasteiger charge is 2.36. The van der Waals surface area contributed by atoms with Crippen molar-refractivity contribution in [1.82, 2.24) is 31.0 Å². The molecule has 0 bridgehead atoms. The average Bonchev–Trinajstić information content (AvgIpc) is 3.17. The number of thiocarbonyl (C=S) groups is 1. The summed E-state index contributed by atoms with van der Waals surface area (Å²) in [6.07, 6.45) is 3.75. The first kappa shape index (κ1) is 25.4. The molecular weight excluding hydrogens is 568 g/mol. The topological polar surface area (TPSA) is 116 Å². The molecule has 1 aliphatic heterocycles. The van der Waals surface area contributed by atoms with Gasteiger partial charge in [-0.25, -0.2) is 4.98 Å². The summed E-state index contributed by atoms with van der Waals surface area (Å²) in [5.41, 5.74) is 7.79. The Morgan fingerprint density at radius 2 is 1.61 bits per heavy atom. The molecule has 0 radical (unpaired) electrons. The summed E-state index contributed by atoms with van der Waals surface area (Å²) in [7, 11) is 0. The molecule has 0 saturated carbocycles. The van der Waals surface area contributed by atoms with Gasteiger partial charge in [-0.15, -0.1) is 0 Å². The lowest BCUT2D eigenvalue weighted by atomic mass is 10.1. The van der Waals surface area contributed by atoms with Gasteiger partial charge in [-0.3, -0.25) is 35.1 Å². The van der Waals surface area contributed by atoms with Gasteiger partial charge in [0.15, 0.2) is 5.11 Å². The highest BCUT2D eigenvalue weighted by molar-refractivity contribution is 9.10. The molecule has 0 fully saturated rings. The van der Waals surface area contributed by atoms with Crippen LogP contribution in [-0.2, 0) is 6.42 Å². The number of nitrogens with zero attached hydrogens (tertiary/aromatic N) is 3. The summed E-state index contributed by atoms with van der Waals surface area (Å²) in [5.74, 6) is -1.18. The van der Waals surface area contributed by atoms with Gasteiger partial charge in [0.2, 0.25) is 0 Å². The van der Waals surface area contributed by atoms with Gasteiger partial charge < -0.3 is 5.32 Å². The van der Waals surface area contributed by atoms with Crippen LogP contribution in [0.3, 0.4) is 0 Å². The number of imide groups is 1. The predicted octanol–water partition coefficient (Wildman–Crippen LogP) is 3.41. The molecule has 4 aromatic rings. The minimum Gasteiger partial charge on any atom is -0.356 e. The number of benzene rings is 2. The summed E-state index contributed by atoms with van der Waals surface area (Å²) in [4.78, 5) is 48.3. The van der Waals surface area contributed by atoms with Crippen LogP contribution in [0.2, 0.25) is 0 Å². The van der Waals surface area contributed by atoms with E-state index in [2.05, 4.69) is 42.1 Å². The maximum Gasteiger partial charge on any atom is 0.288 e. The molecule has 3 amide bonds. The second kappa shape index (κ2) is 11.0. The van der Waals surface area contributed by atoms with E-state index < -0.39 is 11.9 Å². The summed E-state index contributed by atoms with van der Waals surface area (Å²) in [6.45, 7) is 0.0886. The smallest absolute Gasteiger partial charge is 0.288 e. The molecule has 0 aliphatic carbocycles. The molecule has 190 valence electrons. The number of carbonyl (C=O) groups excluding carboxylic acids is 3. The Kier molecular flexibility index (Phi) is 7.38. The van der Waals surface area contributed by atoms with Crippen LogP contribution in [0.5, 0.6) is 0 Å². The summed E-state index contributed by atoms with van der Waals surface area (Å²) >= 11 is 8.82. The fourth-order valence-corrected chi connectivity index (χ4v) is 4.87. The largest absolute Gasteiger partial charge is 0.356 e. The number of aromatic nitrogens is 2. The Hall–Kier alpha value is -4.22. The van der Waals surface area contributed by atoms with E-state index in [0.717, 1.165) is 10.9 Å². The van der Waals surface area contributed by atoms with Crippen molar-refractivity contribution in [3.05, 3.63) is 106 Å². The van der Waals surface area contributed by atoms with Gasteiger partial charge in [-0.05, 0) is 64.4 Å². The molecule has 2 aromatic heterocycles. The van der Waals surface area contributed by atoms with E-state index in [1.807, 2.05) is 30.3 Å². The summed E-state index contributed by atoms with van der Waals surface area (Å²) in [6, 6.07) is 19.3. The molecule has 3 heterocycles. The van der Waals surface area contributed by atoms with E-state index in [1.54, 1.807) is 48.8 Å². The van der Waals surface area contributed by atoms with Gasteiger partial charge in [0, 0.05) is 24.3 Å². The van der Waals surface area contributed by atoms with Gasteiger partial charge >= 0.3 is 0 Å². The lowest BCUT2D eigenvalue weighted by molar-refractivity contribution is 0.0641. The Morgan fingerprint density at radius 1 is 0.921 bits per heavy atom. The molecule has 9 nitrogen and oxygen atoms in total. The van der Waals surface area contributed by atoms with Crippen LogP contribution < -0.4 is 16.2 Å². The van der Waals surface area contributed by atoms with Crippen molar-refractivity contribution in [2.75, 3.05) is 6.54 Å². The standard InChI is InChI=1S/C27H21BrN6O3S/c28-21-14-29-13-17-10-11-22(31-23(17)21)24(35)32-33-27(38)30-18(12-16-6-2-1-3-7-16)15-34-25(36)19-8-4-5-9-20(19)26(34)37/h1-11,13-14,18H,12,15H2,(H,32,35)(H2,30,33,38)/t18-/m1/s1. The maximum atomic E-state index is 12.9. The maximum absolute atomic E-state index is 12.9. The number of nitrogens with one attached hydrogen (secondary N) is 3. The van der Waals surface area contributed by atoms with Crippen molar-refractivity contribution >= 4 is 61.9 Å². The van der Waals surface area contributed by atoms with Crippen LogP contribution in [-0.4, -0.2) is 50.3 Å². The molecule has 0 spiro atoms. The third-order valence-electron chi connectivity index (χ3n) is 6.02. The van der Waals surface area contributed by atoms with Gasteiger partial charge in [-0.2, -0.15) is 0 Å². The fraction of sp³-hybridized carbons (Fsp3) is 0.111. The van der Waals surface area contributed by atoms with E-state index in [4.69, 9.17) is 12.2 Å². The van der Waals surface area contributed by atoms with Gasteiger partial charge in [0.25, 0.3) is 17.7 Å². The van der Waals surface area contributed by atoms with Crippen molar-refractivity contribution in [1.29, 1.82) is 0 Å². The number of hydrogen-bond donors (Lipinski definition) is 3. The number of hydrogen-bond acceptors (Lipinski definition) is 6. The van der Waals surface area contributed by atoms with Crippen LogP contribution in [0.1, 0.15) is 36.8 Å². The SMILES string of the molecule is O=C(NNC(=S)N[C@H](Cc1ccccc1)CN1C(=O)c2ccccc2C1=O)c1ccc2cncc(Br)c2n1. The number of amides is 3. The van der Waals surface area contributed by atoms with Gasteiger partial charge in [-0.1, -0.05) is 42.5 Å².